The van der Waals surface area contributed by atoms with Crippen molar-refractivity contribution in [3.63, 3.8) is 0 Å². The van der Waals surface area contributed by atoms with Gasteiger partial charge in [0, 0.05) is 63.8 Å². The van der Waals surface area contributed by atoms with Gasteiger partial charge in [-0.3, -0.25) is 4.90 Å². The van der Waals surface area contributed by atoms with Crippen LogP contribution in [-0.4, -0.2) is 91.6 Å². The number of β-amino-alcohol motifs (C(OH)–C–C–N with tert-alkyl or cyclic N) is 1. The first-order valence-corrected chi connectivity index (χ1v) is 14.4. The number of hydrogen-bond acceptors (Lipinski definition) is 8. The third-order valence-electron chi connectivity index (χ3n) is 8.07. The fourth-order valence-corrected chi connectivity index (χ4v) is 5.98. The lowest BCUT2D eigenvalue weighted by Crippen LogP contribution is -2.38. The predicted molar refractivity (Wildman–Crippen MR) is 154 cm³/mol. The third-order valence-corrected chi connectivity index (χ3v) is 8.07. The Morgan fingerprint density at radius 3 is 2.16 bits per heavy atom. The second-order valence-electron chi connectivity index (χ2n) is 10.9. The molecule has 0 saturated carbocycles. The lowest BCUT2D eigenvalue weighted by Gasteiger charge is -2.27. The number of ether oxygens (including phenoxy) is 1. The van der Waals surface area contributed by atoms with Gasteiger partial charge in [-0.15, -0.1) is 0 Å². The molecule has 3 fully saturated rings. The van der Waals surface area contributed by atoms with Crippen LogP contribution in [0, 0.1) is 0 Å². The molecule has 1 unspecified atom stereocenters. The lowest BCUT2D eigenvalue weighted by atomic mass is 10.1. The summed E-state index contributed by atoms with van der Waals surface area (Å²) in [4.78, 5) is 19.6. The Morgan fingerprint density at radius 2 is 1.37 bits per heavy atom. The summed E-state index contributed by atoms with van der Waals surface area (Å²) in [5.74, 6) is 3.85. The SMILES string of the molecule is OC(COc1cccc2ccccc12)CN1CCCN(c2cc(N3CCCC3)nc(N3CCCC3)n2)CC1. The molecule has 38 heavy (non-hydrogen) atoms. The van der Waals surface area contributed by atoms with Crippen LogP contribution in [0.1, 0.15) is 32.1 Å². The summed E-state index contributed by atoms with van der Waals surface area (Å²) in [6.07, 6.45) is 5.42. The fraction of sp³-hybridized carbons (Fsp3) is 0.533. The summed E-state index contributed by atoms with van der Waals surface area (Å²) in [7, 11) is 0. The van der Waals surface area contributed by atoms with E-state index >= 15 is 0 Å². The fourth-order valence-electron chi connectivity index (χ4n) is 5.98. The van der Waals surface area contributed by atoms with Crippen molar-refractivity contribution in [2.75, 3.05) is 80.2 Å². The first kappa shape index (κ1) is 25.2. The van der Waals surface area contributed by atoms with Crippen LogP contribution in [0.2, 0.25) is 0 Å². The molecule has 3 aliphatic heterocycles. The van der Waals surface area contributed by atoms with E-state index in [0.29, 0.717) is 13.2 Å². The molecule has 0 aliphatic carbocycles. The topological polar surface area (TPSA) is 68.2 Å². The summed E-state index contributed by atoms with van der Waals surface area (Å²) in [5.41, 5.74) is 0. The van der Waals surface area contributed by atoms with Gasteiger partial charge in [-0.05, 0) is 50.1 Å². The van der Waals surface area contributed by atoms with Crippen molar-refractivity contribution in [3.05, 3.63) is 48.5 Å². The van der Waals surface area contributed by atoms with Crippen molar-refractivity contribution in [3.8, 4) is 5.75 Å². The monoisotopic (exact) mass is 516 g/mol. The molecular formula is C30H40N6O2. The quantitative estimate of drug-likeness (QED) is 0.485. The van der Waals surface area contributed by atoms with E-state index in [-0.39, 0.29) is 0 Å². The highest BCUT2D eigenvalue weighted by Gasteiger charge is 2.24. The molecule has 6 rings (SSSR count). The second kappa shape index (κ2) is 11.7. The number of rotatable bonds is 8. The zero-order chi connectivity index (χ0) is 25.7. The van der Waals surface area contributed by atoms with Gasteiger partial charge >= 0.3 is 0 Å². The zero-order valence-electron chi connectivity index (χ0n) is 22.3. The van der Waals surface area contributed by atoms with Crippen LogP contribution in [-0.2, 0) is 0 Å². The van der Waals surface area contributed by atoms with Crippen molar-refractivity contribution in [1.82, 2.24) is 14.9 Å². The molecule has 202 valence electrons. The second-order valence-corrected chi connectivity index (χ2v) is 10.9. The van der Waals surface area contributed by atoms with Crippen LogP contribution in [0.3, 0.4) is 0 Å². The Balaban J connectivity index is 1.08. The summed E-state index contributed by atoms with van der Waals surface area (Å²) in [6, 6.07) is 16.5. The number of benzene rings is 2. The molecule has 3 aromatic rings. The van der Waals surface area contributed by atoms with Crippen LogP contribution < -0.4 is 19.4 Å². The molecule has 0 bridgehead atoms. The van der Waals surface area contributed by atoms with Gasteiger partial charge in [-0.2, -0.15) is 9.97 Å². The van der Waals surface area contributed by atoms with E-state index in [9.17, 15) is 5.11 Å². The minimum absolute atomic E-state index is 0.290. The Kier molecular flexibility index (Phi) is 7.79. The molecule has 0 radical (unpaired) electrons. The smallest absolute Gasteiger partial charge is 0.229 e. The molecule has 8 nitrogen and oxygen atoms in total. The van der Waals surface area contributed by atoms with E-state index < -0.39 is 6.10 Å². The Labute approximate surface area is 225 Å². The molecule has 8 heteroatoms. The molecule has 2 aromatic carbocycles. The molecule has 3 saturated heterocycles. The molecular weight excluding hydrogens is 476 g/mol. The minimum Gasteiger partial charge on any atom is -0.490 e. The summed E-state index contributed by atoms with van der Waals surface area (Å²) >= 11 is 0. The first-order valence-electron chi connectivity index (χ1n) is 14.4. The maximum atomic E-state index is 10.8. The van der Waals surface area contributed by atoms with E-state index in [1.807, 2.05) is 24.3 Å². The predicted octanol–water partition coefficient (Wildman–Crippen LogP) is 3.78. The molecule has 1 aromatic heterocycles. The van der Waals surface area contributed by atoms with Crippen LogP contribution in [0.25, 0.3) is 10.8 Å². The first-order chi connectivity index (χ1) is 18.7. The van der Waals surface area contributed by atoms with Crippen molar-refractivity contribution in [2.24, 2.45) is 0 Å². The maximum absolute atomic E-state index is 10.8. The maximum Gasteiger partial charge on any atom is 0.229 e. The van der Waals surface area contributed by atoms with E-state index in [4.69, 9.17) is 14.7 Å². The zero-order valence-corrected chi connectivity index (χ0v) is 22.3. The van der Waals surface area contributed by atoms with Gasteiger partial charge in [-0.25, -0.2) is 0 Å². The van der Waals surface area contributed by atoms with E-state index in [0.717, 1.165) is 92.9 Å². The van der Waals surface area contributed by atoms with Gasteiger partial charge in [0.2, 0.25) is 5.95 Å². The number of aromatic nitrogens is 2. The Hall–Kier alpha value is -3.10. The van der Waals surface area contributed by atoms with Crippen molar-refractivity contribution >= 4 is 28.4 Å². The van der Waals surface area contributed by atoms with Crippen molar-refractivity contribution in [1.29, 1.82) is 0 Å². The standard InChI is InChI=1S/C30H40N6O2/c37-25(23-38-27-12-7-10-24-9-1-2-11-26(24)27)22-33-13-8-18-35(20-19-33)29-21-28(34-14-3-4-15-34)31-30(32-29)36-16-5-6-17-36/h1-2,7,9-12,21,25,37H,3-6,8,13-20,22-23H2. The van der Waals surface area contributed by atoms with Gasteiger partial charge < -0.3 is 24.5 Å². The minimum atomic E-state index is -0.539. The number of anilines is 3. The molecule has 1 N–H and O–H groups in total. The molecule has 3 aliphatic rings. The summed E-state index contributed by atoms with van der Waals surface area (Å²) < 4.78 is 6.05. The van der Waals surface area contributed by atoms with Crippen LogP contribution in [0.5, 0.6) is 5.75 Å². The average Bonchev–Trinajstić information content (AvgIpc) is 3.65. The number of aliphatic hydroxyl groups excluding tert-OH is 1. The summed E-state index contributed by atoms with van der Waals surface area (Å²) in [5, 5.41) is 13.0. The molecule has 1 atom stereocenters. The Morgan fingerprint density at radius 1 is 0.711 bits per heavy atom. The molecule has 4 heterocycles. The number of hydrogen-bond donors (Lipinski definition) is 1. The van der Waals surface area contributed by atoms with Crippen LogP contribution in [0.15, 0.2) is 48.5 Å². The number of fused-ring (bicyclic) bond motifs is 1. The number of aliphatic hydroxyl groups is 1. The van der Waals surface area contributed by atoms with Crippen LogP contribution in [0.4, 0.5) is 17.6 Å². The highest BCUT2D eigenvalue weighted by molar-refractivity contribution is 5.88. The largest absolute Gasteiger partial charge is 0.490 e. The highest BCUT2D eigenvalue weighted by atomic mass is 16.5. The highest BCUT2D eigenvalue weighted by Crippen LogP contribution is 2.28. The van der Waals surface area contributed by atoms with E-state index in [1.54, 1.807) is 0 Å². The van der Waals surface area contributed by atoms with Gasteiger partial charge in [-0.1, -0.05) is 36.4 Å². The van der Waals surface area contributed by atoms with Gasteiger partial charge in [0.05, 0.1) is 0 Å². The van der Waals surface area contributed by atoms with Crippen LogP contribution >= 0.6 is 0 Å². The third kappa shape index (κ3) is 5.81. The normalized spacial score (nSPS) is 19.8. The van der Waals surface area contributed by atoms with Gasteiger partial charge in [0.25, 0.3) is 0 Å². The van der Waals surface area contributed by atoms with Gasteiger partial charge in [0.15, 0.2) is 0 Å². The van der Waals surface area contributed by atoms with E-state index in [2.05, 4.69) is 43.9 Å². The number of nitrogens with zero attached hydrogens (tertiary/aromatic N) is 6. The van der Waals surface area contributed by atoms with Gasteiger partial charge in [0.1, 0.15) is 30.1 Å². The van der Waals surface area contributed by atoms with Crippen molar-refractivity contribution < 1.29 is 9.84 Å². The average molecular weight is 517 g/mol. The summed E-state index contributed by atoms with van der Waals surface area (Å²) in [6.45, 7) is 8.90. The molecule has 0 amide bonds. The lowest BCUT2D eigenvalue weighted by molar-refractivity contribution is 0.0710. The Bertz CT molecular complexity index is 1170. The van der Waals surface area contributed by atoms with E-state index in [1.165, 1.54) is 25.7 Å². The van der Waals surface area contributed by atoms with Crippen molar-refractivity contribution in [2.45, 2.75) is 38.2 Å². The molecule has 0 spiro atoms.